The predicted molar refractivity (Wildman–Crippen MR) is 101 cm³/mol. The number of rotatable bonds is 8. The normalized spacial score (nSPS) is 12.1. The molecule has 0 radical (unpaired) electrons. The topological polar surface area (TPSA) is 0 Å². The summed E-state index contributed by atoms with van der Waals surface area (Å²) in [6, 6.07) is 22.1. The molecule has 0 saturated carbocycles. The van der Waals surface area contributed by atoms with Crippen molar-refractivity contribution in [1.29, 1.82) is 0 Å². The van der Waals surface area contributed by atoms with Gasteiger partial charge in [0.25, 0.3) is 0 Å². The van der Waals surface area contributed by atoms with Gasteiger partial charge in [-0.05, 0) is 0 Å². The Labute approximate surface area is 147 Å². The molecule has 0 atom stereocenters. The van der Waals surface area contributed by atoms with Crippen molar-refractivity contribution in [2.75, 3.05) is 0 Å². The molecular weight excluding hydrogens is 398 g/mol. The molecule has 0 heterocycles. The second kappa shape index (κ2) is 10.1. The molecule has 0 unspecified atom stereocenters. The Morgan fingerprint density at radius 3 is 1.32 bits per heavy atom. The quantitative estimate of drug-likeness (QED) is 0.567. The molecule has 0 aliphatic heterocycles. The average Bonchev–Trinajstić information content (AvgIpc) is 2.56. The van der Waals surface area contributed by atoms with Crippen LogP contribution in [0.4, 0.5) is 0 Å². The second-order valence-electron chi connectivity index (χ2n) is 5.18. The summed E-state index contributed by atoms with van der Waals surface area (Å²) in [5.41, 5.74) is 0. The molecule has 0 aliphatic carbocycles. The molecule has 116 valence electrons. The number of hydrogen-bond donors (Lipinski definition) is 0. The van der Waals surface area contributed by atoms with E-state index in [1.165, 1.54) is 34.6 Å². The SMILES string of the molecule is CCC/C([Se]c1ccccc1)=C(/CCC)[Se]c1ccccc1. The van der Waals surface area contributed by atoms with Crippen molar-refractivity contribution in [3.8, 4) is 0 Å². The molecule has 0 nitrogen and oxygen atoms in total. The van der Waals surface area contributed by atoms with Crippen molar-refractivity contribution in [3.05, 3.63) is 69.6 Å². The third-order valence-corrected chi connectivity index (χ3v) is 8.94. The van der Waals surface area contributed by atoms with Crippen LogP contribution in [0.3, 0.4) is 0 Å². The summed E-state index contributed by atoms with van der Waals surface area (Å²) < 4.78 is 6.51. The third kappa shape index (κ3) is 5.78. The molecule has 0 N–H and O–H groups in total. The molecule has 0 bridgehead atoms. The minimum absolute atomic E-state index is 0.484. The van der Waals surface area contributed by atoms with Crippen molar-refractivity contribution in [2.24, 2.45) is 0 Å². The van der Waals surface area contributed by atoms with E-state index in [0.29, 0.717) is 29.9 Å². The minimum atomic E-state index is 0.484. The summed E-state index contributed by atoms with van der Waals surface area (Å²) in [5.74, 6) is 0. The van der Waals surface area contributed by atoms with Gasteiger partial charge in [-0.2, -0.15) is 0 Å². The molecule has 0 aliphatic rings. The van der Waals surface area contributed by atoms with E-state index in [9.17, 15) is 0 Å². The zero-order chi connectivity index (χ0) is 15.6. The Morgan fingerprint density at radius 2 is 1.00 bits per heavy atom. The first-order chi connectivity index (χ1) is 10.8. The fraction of sp³-hybridized carbons (Fsp3) is 0.300. The van der Waals surface area contributed by atoms with Crippen LogP contribution in [0.25, 0.3) is 0 Å². The summed E-state index contributed by atoms with van der Waals surface area (Å²) >= 11 is 0.969. The van der Waals surface area contributed by atoms with Gasteiger partial charge in [-0.1, -0.05) is 0 Å². The van der Waals surface area contributed by atoms with Crippen LogP contribution in [-0.2, 0) is 0 Å². The molecule has 2 heteroatoms. The van der Waals surface area contributed by atoms with Crippen molar-refractivity contribution in [1.82, 2.24) is 0 Å². The molecule has 0 saturated heterocycles. The van der Waals surface area contributed by atoms with E-state index in [1.54, 1.807) is 8.94 Å². The van der Waals surface area contributed by atoms with Crippen LogP contribution in [0.15, 0.2) is 69.6 Å². The summed E-state index contributed by atoms with van der Waals surface area (Å²) in [7, 11) is 0. The second-order valence-corrected chi connectivity index (χ2v) is 10.1. The van der Waals surface area contributed by atoms with Crippen LogP contribution in [-0.4, -0.2) is 29.9 Å². The molecule has 2 rings (SSSR count). The third-order valence-electron chi connectivity index (χ3n) is 3.23. The van der Waals surface area contributed by atoms with Crippen molar-refractivity contribution in [2.45, 2.75) is 39.5 Å². The van der Waals surface area contributed by atoms with Gasteiger partial charge in [0.05, 0.1) is 0 Å². The van der Waals surface area contributed by atoms with Gasteiger partial charge in [-0.25, -0.2) is 0 Å². The number of allylic oxidation sites excluding steroid dienone is 2. The molecule has 2 aromatic rings. The van der Waals surface area contributed by atoms with E-state index in [0.717, 1.165) is 0 Å². The first-order valence-electron chi connectivity index (χ1n) is 8.01. The van der Waals surface area contributed by atoms with Crippen LogP contribution in [0, 0.1) is 0 Å². The maximum absolute atomic E-state index is 2.31. The Morgan fingerprint density at radius 1 is 0.636 bits per heavy atom. The zero-order valence-electron chi connectivity index (χ0n) is 13.4. The average molecular weight is 422 g/mol. The Balaban J connectivity index is 2.25. The summed E-state index contributed by atoms with van der Waals surface area (Å²) in [5, 5.41) is 0. The van der Waals surface area contributed by atoms with Gasteiger partial charge in [0.1, 0.15) is 0 Å². The number of hydrogen-bond acceptors (Lipinski definition) is 0. The van der Waals surface area contributed by atoms with Crippen molar-refractivity contribution in [3.63, 3.8) is 0 Å². The van der Waals surface area contributed by atoms with Gasteiger partial charge in [-0.3, -0.25) is 0 Å². The van der Waals surface area contributed by atoms with E-state index in [2.05, 4.69) is 74.5 Å². The van der Waals surface area contributed by atoms with Crippen LogP contribution in [0.1, 0.15) is 39.5 Å². The van der Waals surface area contributed by atoms with Gasteiger partial charge in [0.15, 0.2) is 0 Å². The predicted octanol–water partition coefficient (Wildman–Crippen LogP) is 3.86. The fourth-order valence-electron chi connectivity index (χ4n) is 2.21. The van der Waals surface area contributed by atoms with Crippen molar-refractivity contribution >= 4 is 38.8 Å². The molecule has 0 aromatic heterocycles. The molecular formula is C20H24Se2. The van der Waals surface area contributed by atoms with Crippen LogP contribution in [0.5, 0.6) is 0 Å². The summed E-state index contributed by atoms with van der Waals surface area (Å²) in [6.45, 7) is 4.61. The van der Waals surface area contributed by atoms with E-state index in [1.807, 2.05) is 0 Å². The van der Waals surface area contributed by atoms with Gasteiger partial charge >= 0.3 is 148 Å². The first kappa shape index (κ1) is 17.6. The molecule has 0 amide bonds. The Hall–Kier alpha value is -0.781. The van der Waals surface area contributed by atoms with Crippen LogP contribution < -0.4 is 8.92 Å². The van der Waals surface area contributed by atoms with Gasteiger partial charge < -0.3 is 0 Å². The first-order valence-corrected chi connectivity index (χ1v) is 11.4. The summed E-state index contributed by atoms with van der Waals surface area (Å²) in [6.07, 6.45) is 5.03. The zero-order valence-corrected chi connectivity index (χ0v) is 16.8. The van der Waals surface area contributed by atoms with E-state index in [4.69, 9.17) is 0 Å². The van der Waals surface area contributed by atoms with E-state index < -0.39 is 0 Å². The van der Waals surface area contributed by atoms with Gasteiger partial charge in [-0.15, -0.1) is 0 Å². The number of benzene rings is 2. The maximum atomic E-state index is 2.31. The monoisotopic (exact) mass is 424 g/mol. The fourth-order valence-corrected chi connectivity index (χ4v) is 7.73. The molecule has 0 fully saturated rings. The van der Waals surface area contributed by atoms with Crippen LogP contribution in [0.2, 0.25) is 0 Å². The molecule has 22 heavy (non-hydrogen) atoms. The van der Waals surface area contributed by atoms with Gasteiger partial charge in [0, 0.05) is 0 Å². The Kier molecular flexibility index (Phi) is 8.05. The van der Waals surface area contributed by atoms with E-state index in [-0.39, 0.29) is 0 Å². The summed E-state index contributed by atoms with van der Waals surface area (Å²) in [4.78, 5) is 0. The van der Waals surface area contributed by atoms with Crippen LogP contribution >= 0.6 is 0 Å². The van der Waals surface area contributed by atoms with Gasteiger partial charge in [0.2, 0.25) is 0 Å². The molecule has 2 aromatic carbocycles. The Bertz CT molecular complexity index is 520. The van der Waals surface area contributed by atoms with E-state index >= 15 is 0 Å². The standard InChI is InChI=1S/C20H24Se2/c1-3-11-19(21-17-13-7-5-8-14-17)20(12-4-2)22-18-15-9-6-10-16-18/h5-10,13-16H,3-4,11-12H2,1-2H3/b20-19+. The van der Waals surface area contributed by atoms with Crippen molar-refractivity contribution < 1.29 is 0 Å². The molecule has 0 spiro atoms.